The van der Waals surface area contributed by atoms with Gasteiger partial charge in [0.2, 0.25) is 0 Å². The number of hydrogen-bond donors (Lipinski definition) is 1. The summed E-state index contributed by atoms with van der Waals surface area (Å²) in [6.07, 6.45) is 1.13. The Bertz CT molecular complexity index is 344. The lowest BCUT2D eigenvalue weighted by molar-refractivity contribution is 0.302. The minimum atomic E-state index is 0.0285. The second-order valence-corrected chi connectivity index (χ2v) is 6.55. The summed E-state index contributed by atoms with van der Waals surface area (Å²) in [6.45, 7) is 14.4. The fourth-order valence-electron chi connectivity index (χ4n) is 2.25. The van der Waals surface area contributed by atoms with Crippen molar-refractivity contribution in [2.45, 2.75) is 59.4 Å². The zero-order chi connectivity index (χ0) is 13.1. The normalized spacial score (nSPS) is 15.5. The van der Waals surface area contributed by atoms with Crippen molar-refractivity contribution in [1.82, 2.24) is 10.3 Å². The zero-order valence-corrected chi connectivity index (χ0v) is 12.8. The third kappa shape index (κ3) is 3.78. The van der Waals surface area contributed by atoms with Crippen LogP contribution in [0.2, 0.25) is 0 Å². The minimum absolute atomic E-state index is 0.0285. The van der Waals surface area contributed by atoms with E-state index in [1.807, 2.05) is 0 Å². The van der Waals surface area contributed by atoms with Gasteiger partial charge in [-0.25, -0.2) is 4.98 Å². The van der Waals surface area contributed by atoms with E-state index in [4.69, 9.17) is 4.98 Å². The van der Waals surface area contributed by atoms with Gasteiger partial charge >= 0.3 is 0 Å². The molecule has 3 heteroatoms. The molecule has 0 aliphatic rings. The Balaban J connectivity index is 2.95. The van der Waals surface area contributed by atoms with Crippen LogP contribution in [-0.4, -0.2) is 11.5 Å². The summed E-state index contributed by atoms with van der Waals surface area (Å²) >= 11 is 1.79. The monoisotopic (exact) mass is 254 g/mol. The second-order valence-electron chi connectivity index (χ2n) is 5.69. The first-order chi connectivity index (χ1) is 7.89. The number of nitrogens with one attached hydrogen (secondary N) is 1. The van der Waals surface area contributed by atoms with Crippen LogP contribution in [0.4, 0.5) is 0 Å². The largest absolute Gasteiger partial charge is 0.306 e. The molecule has 0 saturated carbocycles. The standard InChI is InChI=1S/C14H26N2S/c1-7-15-14(6,8-10(2)3)13-16-12(9-17-13)11(4)5/h9-11,15H,7-8H2,1-6H3. The Kier molecular flexibility index (Phi) is 5.14. The summed E-state index contributed by atoms with van der Waals surface area (Å²) in [6, 6.07) is 0. The summed E-state index contributed by atoms with van der Waals surface area (Å²) in [5.41, 5.74) is 1.25. The van der Waals surface area contributed by atoms with Crippen LogP contribution < -0.4 is 5.32 Å². The fraction of sp³-hybridized carbons (Fsp3) is 0.786. The van der Waals surface area contributed by atoms with Crippen molar-refractivity contribution in [3.05, 3.63) is 16.1 Å². The van der Waals surface area contributed by atoms with Crippen LogP contribution in [-0.2, 0) is 5.54 Å². The average Bonchev–Trinajstić information content (AvgIpc) is 2.65. The molecule has 0 bridgehead atoms. The van der Waals surface area contributed by atoms with Crippen LogP contribution in [0.25, 0.3) is 0 Å². The zero-order valence-electron chi connectivity index (χ0n) is 12.0. The summed E-state index contributed by atoms with van der Waals surface area (Å²) in [5.74, 6) is 1.19. The van der Waals surface area contributed by atoms with Crippen LogP contribution >= 0.6 is 11.3 Å². The van der Waals surface area contributed by atoms with E-state index >= 15 is 0 Å². The van der Waals surface area contributed by atoms with E-state index in [0.29, 0.717) is 11.8 Å². The molecule has 1 atom stereocenters. The molecule has 1 heterocycles. The van der Waals surface area contributed by atoms with Crippen LogP contribution in [0.5, 0.6) is 0 Å². The molecule has 0 saturated heterocycles. The molecule has 1 unspecified atom stereocenters. The predicted molar refractivity (Wildman–Crippen MR) is 76.7 cm³/mol. The number of thiazole rings is 1. The molecule has 98 valence electrons. The van der Waals surface area contributed by atoms with Gasteiger partial charge in [-0.2, -0.15) is 0 Å². The summed E-state index contributed by atoms with van der Waals surface area (Å²) in [5, 5.41) is 7.04. The van der Waals surface area contributed by atoms with E-state index in [-0.39, 0.29) is 5.54 Å². The van der Waals surface area contributed by atoms with Crippen molar-refractivity contribution in [3.8, 4) is 0 Å². The molecule has 1 aromatic heterocycles. The second kappa shape index (κ2) is 5.96. The maximum Gasteiger partial charge on any atom is 0.113 e. The molecule has 0 aliphatic heterocycles. The van der Waals surface area contributed by atoms with Gasteiger partial charge in [0.15, 0.2) is 0 Å². The maximum absolute atomic E-state index is 4.81. The summed E-state index contributed by atoms with van der Waals surface area (Å²) in [4.78, 5) is 4.81. The van der Waals surface area contributed by atoms with E-state index in [2.05, 4.69) is 52.2 Å². The van der Waals surface area contributed by atoms with Gasteiger partial charge in [-0.1, -0.05) is 34.6 Å². The Hall–Kier alpha value is -0.410. The van der Waals surface area contributed by atoms with Crippen LogP contribution in [0.3, 0.4) is 0 Å². The highest BCUT2D eigenvalue weighted by atomic mass is 32.1. The van der Waals surface area contributed by atoms with Gasteiger partial charge in [0.25, 0.3) is 0 Å². The first-order valence-electron chi connectivity index (χ1n) is 6.60. The molecular weight excluding hydrogens is 228 g/mol. The molecule has 0 spiro atoms. The van der Waals surface area contributed by atoms with Crippen LogP contribution in [0.15, 0.2) is 5.38 Å². The van der Waals surface area contributed by atoms with Crippen LogP contribution in [0, 0.1) is 5.92 Å². The van der Waals surface area contributed by atoms with Gasteiger partial charge in [0.05, 0.1) is 11.2 Å². The minimum Gasteiger partial charge on any atom is -0.306 e. The van der Waals surface area contributed by atoms with E-state index in [9.17, 15) is 0 Å². The molecule has 17 heavy (non-hydrogen) atoms. The third-order valence-corrected chi connectivity index (χ3v) is 4.09. The fourth-order valence-corrected chi connectivity index (χ4v) is 3.38. The SMILES string of the molecule is CCNC(C)(CC(C)C)c1nc(C(C)C)cs1. The number of nitrogens with zero attached hydrogens (tertiary/aromatic N) is 1. The molecule has 0 aromatic carbocycles. The molecule has 0 radical (unpaired) electrons. The topological polar surface area (TPSA) is 24.9 Å². The summed E-state index contributed by atoms with van der Waals surface area (Å²) in [7, 11) is 0. The lowest BCUT2D eigenvalue weighted by atomic mass is 9.91. The molecule has 0 aliphatic carbocycles. The van der Waals surface area contributed by atoms with Gasteiger partial charge in [-0.05, 0) is 31.7 Å². The van der Waals surface area contributed by atoms with Crippen molar-refractivity contribution < 1.29 is 0 Å². The smallest absolute Gasteiger partial charge is 0.113 e. The van der Waals surface area contributed by atoms with Crippen molar-refractivity contribution in [2.24, 2.45) is 5.92 Å². The lowest BCUT2D eigenvalue weighted by Gasteiger charge is -2.30. The Morgan fingerprint density at radius 3 is 2.41 bits per heavy atom. The maximum atomic E-state index is 4.81. The van der Waals surface area contributed by atoms with Gasteiger partial charge in [0, 0.05) is 5.38 Å². The van der Waals surface area contributed by atoms with Gasteiger partial charge < -0.3 is 5.32 Å². The van der Waals surface area contributed by atoms with Gasteiger partial charge in [0.1, 0.15) is 5.01 Å². The van der Waals surface area contributed by atoms with E-state index in [0.717, 1.165) is 13.0 Å². The molecule has 1 rings (SSSR count). The number of aromatic nitrogens is 1. The highest BCUT2D eigenvalue weighted by molar-refractivity contribution is 7.09. The van der Waals surface area contributed by atoms with Crippen LogP contribution in [0.1, 0.15) is 64.6 Å². The van der Waals surface area contributed by atoms with Crippen molar-refractivity contribution in [2.75, 3.05) is 6.54 Å². The molecule has 0 amide bonds. The molecule has 1 aromatic rings. The van der Waals surface area contributed by atoms with Gasteiger partial charge in [-0.15, -0.1) is 11.3 Å². The van der Waals surface area contributed by atoms with Crippen molar-refractivity contribution in [3.63, 3.8) is 0 Å². The average molecular weight is 254 g/mol. The predicted octanol–water partition coefficient (Wildman–Crippen LogP) is 4.14. The highest BCUT2D eigenvalue weighted by Crippen LogP contribution is 2.32. The highest BCUT2D eigenvalue weighted by Gasteiger charge is 2.29. The number of hydrogen-bond acceptors (Lipinski definition) is 3. The quantitative estimate of drug-likeness (QED) is 0.825. The third-order valence-electron chi connectivity index (χ3n) is 2.97. The number of rotatable bonds is 6. The Morgan fingerprint density at radius 2 is 2.00 bits per heavy atom. The Labute approximate surface area is 110 Å². The summed E-state index contributed by atoms with van der Waals surface area (Å²) < 4.78 is 0. The molecular formula is C14H26N2S. The Morgan fingerprint density at radius 1 is 1.35 bits per heavy atom. The molecule has 1 N–H and O–H groups in total. The van der Waals surface area contributed by atoms with Crippen molar-refractivity contribution >= 4 is 11.3 Å². The van der Waals surface area contributed by atoms with Crippen molar-refractivity contribution in [1.29, 1.82) is 0 Å². The molecule has 0 fully saturated rings. The first kappa shape index (κ1) is 14.7. The molecule has 2 nitrogen and oxygen atoms in total. The lowest BCUT2D eigenvalue weighted by Crippen LogP contribution is -2.40. The first-order valence-corrected chi connectivity index (χ1v) is 7.48. The van der Waals surface area contributed by atoms with Gasteiger partial charge in [-0.3, -0.25) is 0 Å². The van der Waals surface area contributed by atoms with E-state index in [1.165, 1.54) is 10.7 Å². The van der Waals surface area contributed by atoms with E-state index < -0.39 is 0 Å². The van der Waals surface area contributed by atoms with E-state index in [1.54, 1.807) is 11.3 Å².